The van der Waals surface area contributed by atoms with Gasteiger partial charge in [0.05, 0.1) is 0 Å². The number of hydrogen-bond acceptors (Lipinski definition) is 6. The van der Waals surface area contributed by atoms with E-state index in [9.17, 15) is 14.4 Å². The molecule has 1 unspecified atom stereocenters. The Morgan fingerprint density at radius 1 is 0.339 bits per heavy atom. The zero-order chi connectivity index (χ0) is 45.1. The highest BCUT2D eigenvalue weighted by Crippen LogP contribution is 2.13. The Bertz CT molecular complexity index is 1350. The molecule has 0 aromatic carbocycles. The van der Waals surface area contributed by atoms with Gasteiger partial charge >= 0.3 is 17.9 Å². The van der Waals surface area contributed by atoms with Crippen LogP contribution in [0.1, 0.15) is 194 Å². The van der Waals surface area contributed by atoms with Crippen LogP contribution < -0.4 is 0 Å². The number of ether oxygens (including phenoxy) is 3. The standard InChI is InChI=1S/C56H88O6/c1-4-7-10-13-16-19-22-25-26-27-28-29-32-34-37-40-43-46-49-55(58)61-52-53(62-56(59)50-47-44-41-38-35-31-24-21-18-15-12-9-6-3)51-60-54(57)48-45-42-39-36-33-30-23-20-17-14-11-8-5-2/h8-9,11-12,14-29,53H,4-7,10,13,30-52H2,1-3H3/b11-8+,12-9+,17-14+,18-15+,19-16+,23-20+,24-21+,25-22+,27-26+,29-28+. The lowest BCUT2D eigenvalue weighted by Crippen LogP contribution is -2.30. The number of carbonyl (C=O) groups excluding carboxylic acids is 3. The number of esters is 3. The maximum absolute atomic E-state index is 12.8. The van der Waals surface area contributed by atoms with E-state index < -0.39 is 6.10 Å². The summed E-state index contributed by atoms with van der Waals surface area (Å²) in [6.45, 7) is 6.25. The molecule has 62 heavy (non-hydrogen) atoms. The molecule has 0 saturated carbocycles. The predicted molar refractivity (Wildman–Crippen MR) is 265 cm³/mol. The van der Waals surface area contributed by atoms with Crippen molar-refractivity contribution in [2.75, 3.05) is 13.2 Å². The van der Waals surface area contributed by atoms with Gasteiger partial charge in [-0.05, 0) is 83.5 Å². The summed E-state index contributed by atoms with van der Waals surface area (Å²) >= 11 is 0. The van der Waals surface area contributed by atoms with Crippen molar-refractivity contribution < 1.29 is 28.6 Å². The second kappa shape index (κ2) is 49.5. The van der Waals surface area contributed by atoms with E-state index in [2.05, 4.69) is 130 Å². The van der Waals surface area contributed by atoms with Crippen LogP contribution in [-0.2, 0) is 28.6 Å². The van der Waals surface area contributed by atoms with Crippen molar-refractivity contribution >= 4 is 17.9 Å². The van der Waals surface area contributed by atoms with Crippen LogP contribution in [0.2, 0.25) is 0 Å². The molecule has 0 radical (unpaired) electrons. The van der Waals surface area contributed by atoms with Gasteiger partial charge in [0.15, 0.2) is 6.10 Å². The number of unbranched alkanes of at least 4 members (excludes halogenated alkanes) is 18. The molecule has 0 heterocycles. The van der Waals surface area contributed by atoms with Crippen molar-refractivity contribution in [3.05, 3.63) is 122 Å². The molecule has 1 atom stereocenters. The smallest absolute Gasteiger partial charge is 0.306 e. The number of hydrogen-bond donors (Lipinski definition) is 0. The molecule has 0 saturated heterocycles. The molecule has 0 fully saturated rings. The van der Waals surface area contributed by atoms with E-state index in [4.69, 9.17) is 14.2 Å². The van der Waals surface area contributed by atoms with Gasteiger partial charge in [-0.25, -0.2) is 0 Å². The molecule has 0 aliphatic carbocycles. The minimum absolute atomic E-state index is 0.109. The summed E-state index contributed by atoms with van der Waals surface area (Å²) in [6, 6.07) is 0. The number of rotatable bonds is 42. The second-order valence-corrected chi connectivity index (χ2v) is 15.8. The van der Waals surface area contributed by atoms with E-state index >= 15 is 0 Å². The third-order valence-electron chi connectivity index (χ3n) is 9.90. The van der Waals surface area contributed by atoms with Crippen LogP contribution in [-0.4, -0.2) is 37.2 Å². The van der Waals surface area contributed by atoms with Crippen molar-refractivity contribution in [2.24, 2.45) is 0 Å². The molecule has 0 amide bonds. The minimum atomic E-state index is -0.810. The molecule has 6 nitrogen and oxygen atoms in total. The van der Waals surface area contributed by atoms with Crippen LogP contribution in [0.5, 0.6) is 0 Å². The molecule has 0 aromatic heterocycles. The molecule has 6 heteroatoms. The fourth-order valence-corrected chi connectivity index (χ4v) is 6.22. The Morgan fingerprint density at radius 2 is 0.629 bits per heavy atom. The van der Waals surface area contributed by atoms with Crippen LogP contribution in [0.4, 0.5) is 0 Å². The Morgan fingerprint density at radius 3 is 0.984 bits per heavy atom. The molecular formula is C56H88O6. The van der Waals surface area contributed by atoms with Gasteiger partial charge in [0.25, 0.3) is 0 Å². The Balaban J connectivity index is 4.51. The fraction of sp³-hybridized carbons (Fsp3) is 0.589. The molecule has 348 valence electrons. The average Bonchev–Trinajstić information content (AvgIpc) is 3.27. The molecule has 0 N–H and O–H groups in total. The Labute approximate surface area is 380 Å². The highest BCUT2D eigenvalue weighted by atomic mass is 16.6. The highest BCUT2D eigenvalue weighted by Gasteiger charge is 2.19. The van der Waals surface area contributed by atoms with Crippen molar-refractivity contribution in [3.63, 3.8) is 0 Å². The third-order valence-corrected chi connectivity index (χ3v) is 9.90. The van der Waals surface area contributed by atoms with E-state index in [0.29, 0.717) is 12.8 Å². The van der Waals surface area contributed by atoms with E-state index in [1.54, 1.807) is 0 Å². The van der Waals surface area contributed by atoms with Crippen molar-refractivity contribution in [1.82, 2.24) is 0 Å². The van der Waals surface area contributed by atoms with Crippen LogP contribution in [0.3, 0.4) is 0 Å². The van der Waals surface area contributed by atoms with Gasteiger partial charge in [0.2, 0.25) is 0 Å². The lowest BCUT2D eigenvalue weighted by Gasteiger charge is -2.18. The summed E-state index contributed by atoms with van der Waals surface area (Å²) in [5, 5.41) is 0. The van der Waals surface area contributed by atoms with Crippen LogP contribution in [0, 0.1) is 0 Å². The van der Waals surface area contributed by atoms with E-state index in [1.165, 1.54) is 19.3 Å². The first-order valence-corrected chi connectivity index (χ1v) is 24.7. The summed E-state index contributed by atoms with van der Waals surface area (Å²) < 4.78 is 16.7. The quantitative estimate of drug-likeness (QED) is 0.0263. The SMILES string of the molecule is CC/C=C/C=C/C=C/CCCCCCCC(=O)OCC(COC(=O)CCCCCCC/C=C/C=C/C=C/C=C/CCCCC)OC(=O)CCCCCCC/C=C/C=C/C=C/CC. The molecule has 0 rings (SSSR count). The fourth-order valence-electron chi connectivity index (χ4n) is 6.22. The summed E-state index contributed by atoms with van der Waals surface area (Å²) in [5.74, 6) is -0.982. The van der Waals surface area contributed by atoms with Gasteiger partial charge in [-0.1, -0.05) is 213 Å². The van der Waals surface area contributed by atoms with Crippen molar-refractivity contribution in [2.45, 2.75) is 200 Å². The van der Waals surface area contributed by atoms with Gasteiger partial charge in [-0.2, -0.15) is 0 Å². The Kier molecular flexibility index (Phi) is 46.1. The van der Waals surface area contributed by atoms with Crippen LogP contribution in [0.25, 0.3) is 0 Å². The lowest BCUT2D eigenvalue weighted by atomic mass is 10.1. The predicted octanol–water partition coefficient (Wildman–Crippen LogP) is 16.1. The van der Waals surface area contributed by atoms with Crippen LogP contribution >= 0.6 is 0 Å². The summed E-state index contributed by atoms with van der Waals surface area (Å²) in [6.07, 6.45) is 67.4. The lowest BCUT2D eigenvalue weighted by molar-refractivity contribution is -0.167. The molecule has 0 spiro atoms. The molecule has 0 aromatic rings. The number of allylic oxidation sites excluding steroid dienone is 20. The topological polar surface area (TPSA) is 78.9 Å². The van der Waals surface area contributed by atoms with Gasteiger partial charge in [0, 0.05) is 19.3 Å². The monoisotopic (exact) mass is 857 g/mol. The summed E-state index contributed by atoms with van der Waals surface area (Å²) in [5.41, 5.74) is 0. The van der Waals surface area contributed by atoms with Crippen molar-refractivity contribution in [3.8, 4) is 0 Å². The zero-order valence-corrected chi connectivity index (χ0v) is 39.6. The average molecular weight is 857 g/mol. The molecule has 0 aliphatic heterocycles. The summed E-state index contributed by atoms with van der Waals surface area (Å²) in [7, 11) is 0. The number of carbonyl (C=O) groups is 3. The van der Waals surface area contributed by atoms with E-state index in [1.807, 2.05) is 12.2 Å². The first kappa shape index (κ1) is 57.8. The van der Waals surface area contributed by atoms with Gasteiger partial charge < -0.3 is 14.2 Å². The molecule has 0 bridgehead atoms. The maximum Gasteiger partial charge on any atom is 0.306 e. The summed E-state index contributed by atoms with van der Waals surface area (Å²) in [4.78, 5) is 37.9. The maximum atomic E-state index is 12.8. The first-order valence-electron chi connectivity index (χ1n) is 24.7. The van der Waals surface area contributed by atoms with Gasteiger partial charge in [-0.3, -0.25) is 14.4 Å². The Hall–Kier alpha value is -4.19. The van der Waals surface area contributed by atoms with E-state index in [0.717, 1.165) is 135 Å². The van der Waals surface area contributed by atoms with Gasteiger partial charge in [0.1, 0.15) is 13.2 Å². The molecular weight excluding hydrogens is 769 g/mol. The minimum Gasteiger partial charge on any atom is -0.462 e. The van der Waals surface area contributed by atoms with Crippen molar-refractivity contribution in [1.29, 1.82) is 0 Å². The van der Waals surface area contributed by atoms with Crippen LogP contribution in [0.15, 0.2) is 122 Å². The first-order chi connectivity index (χ1) is 30.5. The third kappa shape index (κ3) is 46.9. The van der Waals surface area contributed by atoms with E-state index in [-0.39, 0.29) is 37.5 Å². The second-order valence-electron chi connectivity index (χ2n) is 15.8. The van der Waals surface area contributed by atoms with Gasteiger partial charge in [-0.15, -0.1) is 0 Å². The highest BCUT2D eigenvalue weighted by molar-refractivity contribution is 5.71. The largest absolute Gasteiger partial charge is 0.462 e. The normalized spacial score (nSPS) is 13.1. The zero-order valence-electron chi connectivity index (χ0n) is 39.6. The molecule has 0 aliphatic rings.